The lowest BCUT2D eigenvalue weighted by Crippen LogP contribution is -2.27. The predicted octanol–water partition coefficient (Wildman–Crippen LogP) is -0.456. The molecule has 0 radical (unpaired) electrons. The van der Waals surface area contributed by atoms with Crippen LogP contribution in [0, 0.1) is 5.92 Å². The Bertz CT molecular complexity index is 434. The molecule has 0 aromatic carbocycles. The molecule has 0 aliphatic heterocycles. The summed E-state index contributed by atoms with van der Waals surface area (Å²) in [4.78, 5) is 37.1. The normalized spacial score (nSPS) is 12.1. The summed E-state index contributed by atoms with van der Waals surface area (Å²) in [5, 5.41) is 11.1. The molecule has 88 valence electrons. The highest BCUT2D eigenvalue weighted by atomic mass is 16.4. The molecule has 1 aromatic rings. The Balaban J connectivity index is 2.36. The molecule has 7 heteroatoms. The van der Waals surface area contributed by atoms with Gasteiger partial charge in [0.05, 0.1) is 5.92 Å². The first-order valence-electron chi connectivity index (χ1n) is 4.79. The van der Waals surface area contributed by atoms with Crippen LogP contribution in [0.15, 0.2) is 11.0 Å². The van der Waals surface area contributed by atoms with E-state index in [1.54, 1.807) is 6.92 Å². The lowest BCUT2D eigenvalue weighted by atomic mass is 10.1. The number of rotatable bonds is 5. The smallest absolute Gasteiger partial charge is 0.323 e. The number of H-pyrrole nitrogens is 2. The quantitative estimate of drug-likeness (QED) is 0.545. The van der Waals surface area contributed by atoms with E-state index >= 15 is 0 Å². The fourth-order valence-corrected chi connectivity index (χ4v) is 1.08. The number of carbonyl (C=O) groups is 2. The number of aromatic amines is 2. The molecular weight excluding hydrogens is 214 g/mol. The molecule has 0 saturated heterocycles. The Labute approximate surface area is 90.9 Å². The van der Waals surface area contributed by atoms with Crippen molar-refractivity contribution in [3.8, 4) is 0 Å². The van der Waals surface area contributed by atoms with Crippen molar-refractivity contribution >= 4 is 11.9 Å². The number of amides is 1. The van der Waals surface area contributed by atoms with Gasteiger partial charge in [-0.15, -0.1) is 0 Å². The van der Waals surface area contributed by atoms with Gasteiger partial charge in [-0.2, -0.15) is 0 Å². The van der Waals surface area contributed by atoms with Crippen molar-refractivity contribution in [1.82, 2.24) is 15.3 Å². The van der Waals surface area contributed by atoms with Crippen LogP contribution in [0.3, 0.4) is 0 Å². The molecule has 0 bridgehead atoms. The van der Waals surface area contributed by atoms with Gasteiger partial charge >= 0.3 is 11.7 Å². The molecule has 0 saturated carbocycles. The molecule has 0 aliphatic rings. The maximum atomic E-state index is 11.4. The van der Waals surface area contributed by atoms with E-state index in [-0.39, 0.29) is 12.2 Å². The minimum absolute atomic E-state index is 0.132. The van der Waals surface area contributed by atoms with E-state index in [4.69, 9.17) is 5.11 Å². The summed E-state index contributed by atoms with van der Waals surface area (Å²) >= 11 is 0. The lowest BCUT2D eigenvalue weighted by Gasteiger charge is -2.06. The van der Waals surface area contributed by atoms with Crippen molar-refractivity contribution in [2.45, 2.75) is 13.3 Å². The van der Waals surface area contributed by atoms with Crippen molar-refractivity contribution in [2.75, 3.05) is 6.54 Å². The molecule has 0 unspecified atom stereocenters. The Morgan fingerprint density at radius 3 is 2.75 bits per heavy atom. The summed E-state index contributed by atoms with van der Waals surface area (Å²) in [7, 11) is 0. The summed E-state index contributed by atoms with van der Waals surface area (Å²) in [6, 6.07) is 0. The second-order valence-corrected chi connectivity index (χ2v) is 3.44. The first-order chi connectivity index (χ1) is 7.50. The fourth-order valence-electron chi connectivity index (χ4n) is 1.08. The molecule has 1 aromatic heterocycles. The zero-order valence-corrected chi connectivity index (χ0v) is 8.74. The van der Waals surface area contributed by atoms with E-state index < -0.39 is 23.5 Å². The Kier molecular flexibility index (Phi) is 3.87. The van der Waals surface area contributed by atoms with Gasteiger partial charge in [-0.05, 0) is 6.42 Å². The summed E-state index contributed by atoms with van der Waals surface area (Å²) in [6.07, 6.45) is 1.61. The van der Waals surface area contributed by atoms with Crippen LogP contribution in [-0.2, 0) is 4.79 Å². The largest absolute Gasteiger partial charge is 0.481 e. The van der Waals surface area contributed by atoms with Gasteiger partial charge < -0.3 is 20.4 Å². The summed E-state index contributed by atoms with van der Waals surface area (Å²) in [5.74, 6) is -1.84. The van der Waals surface area contributed by atoms with E-state index in [1.807, 2.05) is 0 Å². The zero-order chi connectivity index (χ0) is 12.1. The Morgan fingerprint density at radius 2 is 2.25 bits per heavy atom. The number of carbonyl (C=O) groups excluding carboxylic acids is 1. The van der Waals surface area contributed by atoms with Gasteiger partial charge in [0.1, 0.15) is 5.69 Å². The van der Waals surface area contributed by atoms with Gasteiger partial charge in [-0.3, -0.25) is 9.59 Å². The summed E-state index contributed by atoms with van der Waals surface area (Å²) < 4.78 is 0. The van der Waals surface area contributed by atoms with Crippen LogP contribution in [0.25, 0.3) is 0 Å². The van der Waals surface area contributed by atoms with Gasteiger partial charge in [0.25, 0.3) is 5.91 Å². The number of imidazole rings is 1. The molecule has 1 amide bonds. The van der Waals surface area contributed by atoms with Crippen LogP contribution in [-0.4, -0.2) is 33.5 Å². The SMILES string of the molecule is C[C@H](CCNC(=O)c1c[nH]c(=O)[nH]1)C(=O)O. The Morgan fingerprint density at radius 1 is 1.56 bits per heavy atom. The molecule has 0 fully saturated rings. The third-order valence-electron chi connectivity index (χ3n) is 2.12. The second-order valence-electron chi connectivity index (χ2n) is 3.44. The van der Waals surface area contributed by atoms with Crippen molar-refractivity contribution in [3.05, 3.63) is 22.4 Å². The molecule has 1 atom stereocenters. The van der Waals surface area contributed by atoms with Crippen LogP contribution in [0.2, 0.25) is 0 Å². The van der Waals surface area contributed by atoms with E-state index in [0.717, 1.165) is 0 Å². The Hall–Kier alpha value is -2.05. The molecule has 1 heterocycles. The number of carboxylic acid groups (broad SMARTS) is 1. The molecule has 0 aliphatic carbocycles. The van der Waals surface area contributed by atoms with Crippen LogP contribution in [0.4, 0.5) is 0 Å². The maximum absolute atomic E-state index is 11.4. The minimum Gasteiger partial charge on any atom is -0.481 e. The number of nitrogens with one attached hydrogen (secondary N) is 3. The first-order valence-corrected chi connectivity index (χ1v) is 4.79. The average Bonchev–Trinajstić information content (AvgIpc) is 2.64. The van der Waals surface area contributed by atoms with Gasteiger partial charge in [-0.1, -0.05) is 6.92 Å². The predicted molar refractivity (Wildman–Crippen MR) is 55.2 cm³/mol. The van der Waals surface area contributed by atoms with Crippen molar-refractivity contribution in [1.29, 1.82) is 0 Å². The average molecular weight is 227 g/mol. The number of aromatic nitrogens is 2. The molecule has 0 spiro atoms. The monoisotopic (exact) mass is 227 g/mol. The van der Waals surface area contributed by atoms with Crippen LogP contribution in [0.1, 0.15) is 23.8 Å². The molecule has 4 N–H and O–H groups in total. The zero-order valence-electron chi connectivity index (χ0n) is 8.74. The molecular formula is C9H13N3O4. The van der Waals surface area contributed by atoms with Gasteiger partial charge in [-0.25, -0.2) is 4.79 Å². The van der Waals surface area contributed by atoms with E-state index in [9.17, 15) is 14.4 Å². The number of carboxylic acids is 1. The molecule has 1 rings (SSSR count). The maximum Gasteiger partial charge on any atom is 0.323 e. The van der Waals surface area contributed by atoms with Crippen molar-refractivity contribution in [2.24, 2.45) is 5.92 Å². The van der Waals surface area contributed by atoms with E-state index in [2.05, 4.69) is 15.3 Å². The highest BCUT2D eigenvalue weighted by Gasteiger charge is 2.12. The van der Waals surface area contributed by atoms with Gasteiger partial charge in [0.2, 0.25) is 0 Å². The van der Waals surface area contributed by atoms with Crippen molar-refractivity contribution < 1.29 is 14.7 Å². The summed E-state index contributed by atoms with van der Waals surface area (Å²) in [6.45, 7) is 1.81. The van der Waals surface area contributed by atoms with Crippen molar-refractivity contribution in [3.63, 3.8) is 0 Å². The number of hydrogen-bond donors (Lipinski definition) is 4. The molecule has 16 heavy (non-hydrogen) atoms. The van der Waals surface area contributed by atoms with E-state index in [1.165, 1.54) is 6.20 Å². The third kappa shape index (κ3) is 3.26. The second kappa shape index (κ2) is 5.15. The number of hydrogen-bond acceptors (Lipinski definition) is 3. The van der Waals surface area contributed by atoms with Crippen LogP contribution >= 0.6 is 0 Å². The van der Waals surface area contributed by atoms with Crippen LogP contribution < -0.4 is 11.0 Å². The van der Waals surface area contributed by atoms with Gasteiger partial charge in [0.15, 0.2) is 0 Å². The topological polar surface area (TPSA) is 115 Å². The highest BCUT2D eigenvalue weighted by molar-refractivity contribution is 5.91. The molecule has 7 nitrogen and oxygen atoms in total. The van der Waals surface area contributed by atoms with E-state index in [0.29, 0.717) is 6.42 Å². The highest BCUT2D eigenvalue weighted by Crippen LogP contribution is 1.99. The minimum atomic E-state index is -0.899. The van der Waals surface area contributed by atoms with Gasteiger partial charge in [0, 0.05) is 12.7 Å². The van der Waals surface area contributed by atoms with Crippen LogP contribution in [0.5, 0.6) is 0 Å². The lowest BCUT2D eigenvalue weighted by molar-refractivity contribution is -0.141. The third-order valence-corrected chi connectivity index (χ3v) is 2.12. The number of aliphatic carboxylic acids is 1. The fraction of sp³-hybridized carbons (Fsp3) is 0.444. The first kappa shape index (κ1) is 12.0. The standard InChI is InChI=1S/C9H13N3O4/c1-5(8(14)15)2-3-10-7(13)6-4-11-9(16)12-6/h4-5H,2-3H2,1H3,(H,10,13)(H,14,15)(H2,11,12,16)/t5-/m1/s1. The summed E-state index contributed by atoms with van der Waals surface area (Å²) in [5.41, 5.74) is -0.322.